The van der Waals surface area contributed by atoms with Gasteiger partial charge in [-0.1, -0.05) is 30.3 Å². The number of hydrogen-bond donors (Lipinski definition) is 2. The first-order valence-corrected chi connectivity index (χ1v) is 6.54. The van der Waals surface area contributed by atoms with Crippen LogP contribution in [0.2, 0.25) is 0 Å². The molecule has 0 aliphatic carbocycles. The van der Waals surface area contributed by atoms with Crippen LogP contribution in [0.4, 0.5) is 0 Å². The number of hydrogen-bond acceptors (Lipinski definition) is 4. The van der Waals surface area contributed by atoms with Crippen LogP contribution in [0, 0.1) is 4.77 Å². The molecule has 0 atom stereocenters. The summed E-state index contributed by atoms with van der Waals surface area (Å²) >= 11 is 6.44. The molecule has 0 aliphatic rings. The van der Waals surface area contributed by atoms with Gasteiger partial charge in [-0.25, -0.2) is 0 Å². The highest BCUT2D eigenvalue weighted by Crippen LogP contribution is 2.30. The zero-order chi connectivity index (χ0) is 12.7. The fourth-order valence-corrected chi connectivity index (χ4v) is 3.07. The third kappa shape index (κ3) is 1.58. The highest BCUT2D eigenvalue weighted by Gasteiger charge is 2.12. The number of nitrogens with two attached hydrogens (primary N) is 1. The summed E-state index contributed by atoms with van der Waals surface area (Å²) in [5, 5.41) is 2.52. The van der Waals surface area contributed by atoms with E-state index in [1.54, 1.807) is 0 Å². The standard InChI is InChI=1S/C12H9N3OS2/c13-15-11(16)9-8(7-4-2-1-3-5-7)6-18-10(9)14-12(15)17/h1-6H,13H2,(H,14,17). The Morgan fingerprint density at radius 2 is 2.00 bits per heavy atom. The van der Waals surface area contributed by atoms with Crippen molar-refractivity contribution < 1.29 is 0 Å². The van der Waals surface area contributed by atoms with Gasteiger partial charge in [-0.05, 0) is 17.8 Å². The van der Waals surface area contributed by atoms with Crippen LogP contribution < -0.4 is 11.4 Å². The fourth-order valence-electron chi connectivity index (χ4n) is 1.86. The maximum Gasteiger partial charge on any atom is 0.282 e. The molecule has 3 rings (SSSR count). The van der Waals surface area contributed by atoms with Crippen LogP contribution in [-0.4, -0.2) is 9.66 Å². The Morgan fingerprint density at radius 1 is 1.28 bits per heavy atom. The van der Waals surface area contributed by atoms with Gasteiger partial charge in [0.1, 0.15) is 4.83 Å². The number of benzene rings is 1. The molecule has 0 aliphatic heterocycles. The van der Waals surface area contributed by atoms with Crippen molar-refractivity contribution in [2.24, 2.45) is 0 Å². The van der Waals surface area contributed by atoms with E-state index in [-0.39, 0.29) is 10.3 Å². The van der Waals surface area contributed by atoms with Crippen LogP contribution in [0.1, 0.15) is 0 Å². The Bertz CT molecular complexity index is 830. The Labute approximate surface area is 111 Å². The largest absolute Gasteiger partial charge is 0.334 e. The minimum atomic E-state index is -0.270. The van der Waals surface area contributed by atoms with Crippen LogP contribution >= 0.6 is 23.6 Å². The van der Waals surface area contributed by atoms with Crippen molar-refractivity contribution >= 4 is 33.8 Å². The molecule has 3 aromatic rings. The van der Waals surface area contributed by atoms with E-state index in [1.807, 2.05) is 35.7 Å². The predicted molar refractivity (Wildman–Crippen MR) is 76.9 cm³/mol. The molecule has 2 heterocycles. The first-order valence-electron chi connectivity index (χ1n) is 5.25. The third-order valence-electron chi connectivity index (χ3n) is 2.75. The second-order valence-electron chi connectivity index (χ2n) is 3.82. The van der Waals surface area contributed by atoms with Crippen molar-refractivity contribution in [1.82, 2.24) is 9.66 Å². The fraction of sp³-hybridized carbons (Fsp3) is 0. The van der Waals surface area contributed by atoms with E-state index in [1.165, 1.54) is 11.3 Å². The number of rotatable bonds is 1. The Hall–Kier alpha value is -1.92. The van der Waals surface area contributed by atoms with Crippen LogP contribution in [0.5, 0.6) is 0 Å². The Balaban J connectivity index is 2.44. The molecule has 6 heteroatoms. The SMILES string of the molecule is Nn1c(=S)[nH]c2scc(-c3ccccc3)c2c1=O. The summed E-state index contributed by atoms with van der Waals surface area (Å²) in [6.45, 7) is 0. The molecule has 2 aromatic heterocycles. The molecule has 1 aromatic carbocycles. The third-order valence-corrected chi connectivity index (χ3v) is 3.94. The maximum atomic E-state index is 12.2. The summed E-state index contributed by atoms with van der Waals surface area (Å²) in [4.78, 5) is 15.9. The van der Waals surface area contributed by atoms with E-state index in [9.17, 15) is 4.79 Å². The van der Waals surface area contributed by atoms with Gasteiger partial charge < -0.3 is 10.8 Å². The lowest BCUT2D eigenvalue weighted by Crippen LogP contribution is -2.28. The van der Waals surface area contributed by atoms with Gasteiger partial charge in [-0.2, -0.15) is 4.68 Å². The van der Waals surface area contributed by atoms with Gasteiger partial charge in [-0.3, -0.25) is 4.79 Å². The van der Waals surface area contributed by atoms with Gasteiger partial charge >= 0.3 is 0 Å². The molecule has 3 N–H and O–H groups in total. The molecule has 90 valence electrons. The first kappa shape index (κ1) is 11.2. The summed E-state index contributed by atoms with van der Waals surface area (Å²) in [6, 6.07) is 9.73. The van der Waals surface area contributed by atoms with Crippen LogP contribution in [0.25, 0.3) is 21.3 Å². The minimum absolute atomic E-state index is 0.231. The van der Waals surface area contributed by atoms with Crippen molar-refractivity contribution in [2.45, 2.75) is 0 Å². The quantitative estimate of drug-likeness (QED) is 0.530. The van der Waals surface area contributed by atoms with E-state index in [0.717, 1.165) is 20.6 Å². The molecular formula is C12H9N3OS2. The van der Waals surface area contributed by atoms with Crippen molar-refractivity contribution in [2.75, 3.05) is 5.84 Å². The summed E-state index contributed by atoms with van der Waals surface area (Å²) in [5.41, 5.74) is 1.60. The number of aromatic amines is 1. The van der Waals surface area contributed by atoms with E-state index >= 15 is 0 Å². The van der Waals surface area contributed by atoms with Crippen LogP contribution in [0.3, 0.4) is 0 Å². The van der Waals surface area contributed by atoms with Crippen LogP contribution in [0.15, 0.2) is 40.5 Å². The number of nitrogens with one attached hydrogen (secondary N) is 1. The second-order valence-corrected chi connectivity index (χ2v) is 5.09. The molecule has 18 heavy (non-hydrogen) atoms. The normalized spacial score (nSPS) is 10.9. The summed E-state index contributed by atoms with van der Waals surface area (Å²) < 4.78 is 1.20. The lowest BCUT2D eigenvalue weighted by atomic mass is 10.1. The average Bonchev–Trinajstić information content (AvgIpc) is 2.81. The second kappa shape index (κ2) is 4.08. The van der Waals surface area contributed by atoms with E-state index in [0.29, 0.717) is 5.39 Å². The monoisotopic (exact) mass is 275 g/mol. The lowest BCUT2D eigenvalue weighted by molar-refractivity contribution is 0.895. The van der Waals surface area contributed by atoms with Crippen LogP contribution in [-0.2, 0) is 0 Å². The maximum absolute atomic E-state index is 12.2. The molecular weight excluding hydrogens is 266 g/mol. The molecule has 0 radical (unpaired) electrons. The minimum Gasteiger partial charge on any atom is -0.334 e. The van der Waals surface area contributed by atoms with Crippen molar-refractivity contribution in [3.8, 4) is 11.1 Å². The Morgan fingerprint density at radius 3 is 2.72 bits per heavy atom. The summed E-state index contributed by atoms with van der Waals surface area (Å²) in [7, 11) is 0. The zero-order valence-electron chi connectivity index (χ0n) is 9.21. The Kier molecular flexibility index (Phi) is 2.53. The smallest absolute Gasteiger partial charge is 0.282 e. The topological polar surface area (TPSA) is 63.8 Å². The van der Waals surface area contributed by atoms with Gasteiger partial charge in [0, 0.05) is 10.9 Å². The zero-order valence-corrected chi connectivity index (χ0v) is 10.8. The molecule has 0 saturated heterocycles. The van der Waals surface area contributed by atoms with Crippen molar-refractivity contribution in [1.29, 1.82) is 0 Å². The average molecular weight is 275 g/mol. The van der Waals surface area contributed by atoms with Gasteiger partial charge in [0.05, 0.1) is 5.39 Å². The number of H-pyrrole nitrogens is 1. The van der Waals surface area contributed by atoms with Gasteiger partial charge in [0.2, 0.25) is 0 Å². The van der Waals surface area contributed by atoms with E-state index in [4.69, 9.17) is 18.1 Å². The molecule has 4 nitrogen and oxygen atoms in total. The number of thiophene rings is 1. The molecule has 0 bridgehead atoms. The van der Waals surface area contributed by atoms with Crippen molar-refractivity contribution in [3.05, 3.63) is 50.8 Å². The summed E-state index contributed by atoms with van der Waals surface area (Å²) in [6.07, 6.45) is 0. The van der Waals surface area contributed by atoms with E-state index in [2.05, 4.69) is 4.98 Å². The van der Waals surface area contributed by atoms with Gasteiger partial charge in [-0.15, -0.1) is 11.3 Å². The summed E-state index contributed by atoms with van der Waals surface area (Å²) in [5.74, 6) is 5.63. The lowest BCUT2D eigenvalue weighted by Gasteiger charge is -2.01. The number of fused-ring (bicyclic) bond motifs is 1. The molecule has 0 unspecified atom stereocenters. The predicted octanol–water partition coefficient (Wildman–Crippen LogP) is 2.50. The number of aromatic nitrogens is 2. The van der Waals surface area contributed by atoms with Crippen molar-refractivity contribution in [3.63, 3.8) is 0 Å². The molecule has 0 spiro atoms. The molecule has 0 saturated carbocycles. The van der Waals surface area contributed by atoms with E-state index < -0.39 is 0 Å². The molecule has 0 amide bonds. The van der Waals surface area contributed by atoms with Gasteiger partial charge in [0.15, 0.2) is 4.77 Å². The molecule has 0 fully saturated rings. The highest BCUT2D eigenvalue weighted by atomic mass is 32.1. The highest BCUT2D eigenvalue weighted by molar-refractivity contribution is 7.71. The number of nitrogen functional groups attached to an aromatic ring is 1. The first-order chi connectivity index (χ1) is 8.68. The number of nitrogens with zero attached hydrogens (tertiary/aromatic N) is 1. The van der Waals surface area contributed by atoms with Gasteiger partial charge in [0.25, 0.3) is 5.56 Å².